The first-order valence-corrected chi connectivity index (χ1v) is 10.9. The summed E-state index contributed by atoms with van der Waals surface area (Å²) in [5, 5.41) is 0. The van der Waals surface area contributed by atoms with E-state index in [2.05, 4.69) is 19.9 Å². The monoisotopic (exact) mass is 384 g/mol. The Morgan fingerprint density at radius 1 is 1.18 bits per heavy atom. The highest BCUT2D eigenvalue weighted by molar-refractivity contribution is 5.92. The zero-order valence-corrected chi connectivity index (χ0v) is 17.4. The molecule has 2 unspecified atom stereocenters. The van der Waals surface area contributed by atoms with Crippen molar-refractivity contribution in [2.45, 2.75) is 72.1 Å². The average Bonchev–Trinajstić information content (AvgIpc) is 3.03. The summed E-state index contributed by atoms with van der Waals surface area (Å²) in [6, 6.07) is 0. The predicted molar refractivity (Wildman–Crippen MR) is 106 cm³/mol. The summed E-state index contributed by atoms with van der Waals surface area (Å²) in [6.07, 6.45) is 11.2. The van der Waals surface area contributed by atoms with Crippen molar-refractivity contribution in [2.24, 2.45) is 28.6 Å². The van der Waals surface area contributed by atoms with Gasteiger partial charge in [-0.3, -0.25) is 14.4 Å². The van der Waals surface area contributed by atoms with E-state index in [4.69, 9.17) is 4.74 Å². The highest BCUT2D eigenvalue weighted by Gasteiger charge is 2.57. The van der Waals surface area contributed by atoms with Crippen molar-refractivity contribution in [3.8, 4) is 0 Å². The van der Waals surface area contributed by atoms with E-state index in [1.54, 1.807) is 6.92 Å². The summed E-state index contributed by atoms with van der Waals surface area (Å²) < 4.78 is 5.15. The third kappa shape index (κ3) is 2.91. The van der Waals surface area contributed by atoms with Crippen LogP contribution in [0.4, 0.5) is 0 Å². The number of allylic oxidation sites excluding steroid dienone is 4. The molecular formula is C24H32O4. The minimum atomic E-state index is -0.301. The molecule has 28 heavy (non-hydrogen) atoms. The Morgan fingerprint density at radius 3 is 2.71 bits per heavy atom. The van der Waals surface area contributed by atoms with Crippen molar-refractivity contribution in [2.75, 3.05) is 6.61 Å². The number of fused-ring (bicyclic) bond motifs is 5. The first-order chi connectivity index (χ1) is 13.3. The van der Waals surface area contributed by atoms with Gasteiger partial charge in [-0.05, 0) is 61.9 Å². The lowest BCUT2D eigenvalue weighted by Crippen LogP contribution is -2.45. The number of ether oxygens (including phenoxy) is 1. The zero-order chi connectivity index (χ0) is 20.1. The molecule has 5 atom stereocenters. The zero-order valence-electron chi connectivity index (χ0n) is 17.4. The molecule has 4 aliphatic rings. The molecule has 4 rings (SSSR count). The Hall–Kier alpha value is -1.71. The number of rotatable bonds is 4. The molecule has 0 aliphatic heterocycles. The van der Waals surface area contributed by atoms with E-state index < -0.39 is 0 Å². The van der Waals surface area contributed by atoms with Gasteiger partial charge in [-0.25, -0.2) is 0 Å². The second-order valence-electron chi connectivity index (χ2n) is 9.70. The molecule has 4 heteroatoms. The first kappa shape index (κ1) is 19.6. The van der Waals surface area contributed by atoms with Crippen molar-refractivity contribution in [3.63, 3.8) is 0 Å². The lowest BCUT2D eigenvalue weighted by atomic mass is 9.51. The van der Waals surface area contributed by atoms with Crippen LogP contribution in [0, 0.1) is 28.6 Å². The highest BCUT2D eigenvalue weighted by Crippen LogP contribution is 2.64. The molecule has 152 valence electrons. The van der Waals surface area contributed by atoms with Gasteiger partial charge in [0, 0.05) is 24.2 Å². The van der Waals surface area contributed by atoms with Crippen LogP contribution in [0.5, 0.6) is 0 Å². The van der Waals surface area contributed by atoms with Crippen molar-refractivity contribution >= 4 is 17.5 Å². The van der Waals surface area contributed by atoms with Crippen molar-refractivity contribution in [1.29, 1.82) is 0 Å². The minimum Gasteiger partial charge on any atom is -0.458 e. The van der Waals surface area contributed by atoms with Gasteiger partial charge >= 0.3 is 5.97 Å². The van der Waals surface area contributed by atoms with Gasteiger partial charge in [-0.15, -0.1) is 0 Å². The molecule has 0 heterocycles. The van der Waals surface area contributed by atoms with E-state index in [0.717, 1.165) is 38.5 Å². The lowest BCUT2D eigenvalue weighted by molar-refractivity contribution is -0.150. The third-order valence-electron chi connectivity index (χ3n) is 8.39. The predicted octanol–water partition coefficient (Wildman–Crippen LogP) is 4.58. The van der Waals surface area contributed by atoms with Gasteiger partial charge in [0.1, 0.15) is 6.61 Å². The van der Waals surface area contributed by atoms with E-state index in [1.165, 1.54) is 11.1 Å². The molecule has 4 aliphatic carbocycles. The summed E-state index contributed by atoms with van der Waals surface area (Å²) in [5.41, 5.74) is 2.86. The molecule has 2 saturated carbocycles. The number of carbonyl (C=O) groups excluding carboxylic acids is 3. The maximum Gasteiger partial charge on any atom is 0.305 e. The third-order valence-corrected chi connectivity index (χ3v) is 8.39. The van der Waals surface area contributed by atoms with Gasteiger partial charge in [0.05, 0.1) is 0 Å². The highest BCUT2D eigenvalue weighted by atomic mass is 16.5. The number of carbonyl (C=O) groups is 3. The van der Waals surface area contributed by atoms with Gasteiger partial charge in [0.25, 0.3) is 0 Å². The normalized spacial score (nSPS) is 39.2. The Labute approximate surface area is 167 Å². The Bertz CT molecular complexity index is 775. The van der Waals surface area contributed by atoms with E-state index in [0.29, 0.717) is 24.7 Å². The van der Waals surface area contributed by atoms with Crippen LogP contribution in [0.25, 0.3) is 0 Å². The van der Waals surface area contributed by atoms with Crippen LogP contribution in [0.3, 0.4) is 0 Å². The van der Waals surface area contributed by atoms with Crippen LogP contribution >= 0.6 is 0 Å². The molecule has 0 saturated heterocycles. The van der Waals surface area contributed by atoms with Gasteiger partial charge in [-0.2, -0.15) is 0 Å². The molecule has 0 bridgehead atoms. The molecule has 0 spiro atoms. The first-order valence-electron chi connectivity index (χ1n) is 10.9. The van der Waals surface area contributed by atoms with Crippen molar-refractivity contribution < 1.29 is 19.1 Å². The van der Waals surface area contributed by atoms with E-state index in [-0.39, 0.29) is 40.9 Å². The van der Waals surface area contributed by atoms with Gasteiger partial charge < -0.3 is 4.74 Å². The van der Waals surface area contributed by atoms with Crippen LogP contribution in [0.1, 0.15) is 72.1 Å². The second-order valence-corrected chi connectivity index (χ2v) is 9.70. The van der Waals surface area contributed by atoms with Crippen molar-refractivity contribution in [1.82, 2.24) is 0 Å². The summed E-state index contributed by atoms with van der Waals surface area (Å²) >= 11 is 0. The molecule has 0 aromatic heterocycles. The standard InChI is InChI=1S/C24H32O4/c1-4-22(27)28-14-21(26)20-8-7-18-17-6-5-15-13-16(25)9-11-23(15,2)19(17)10-12-24(18,20)3/h10,13,17-18,20H,4-9,11-12,14H2,1-3H3/t17?,18?,20-,23+,24+/m1/s1. The van der Waals surface area contributed by atoms with Crippen molar-refractivity contribution in [3.05, 3.63) is 23.3 Å². The minimum absolute atomic E-state index is 0.0161. The molecule has 2 fully saturated rings. The van der Waals surface area contributed by atoms with Crippen LogP contribution in [0.2, 0.25) is 0 Å². The maximum absolute atomic E-state index is 12.9. The van der Waals surface area contributed by atoms with Crippen LogP contribution in [-0.4, -0.2) is 24.1 Å². The number of esters is 1. The largest absolute Gasteiger partial charge is 0.458 e. The fourth-order valence-electron chi connectivity index (χ4n) is 6.74. The van der Waals surface area contributed by atoms with Crippen LogP contribution < -0.4 is 0 Å². The smallest absolute Gasteiger partial charge is 0.305 e. The lowest BCUT2D eigenvalue weighted by Gasteiger charge is -2.53. The van der Waals surface area contributed by atoms with E-state index in [1.807, 2.05) is 6.08 Å². The SMILES string of the molecule is CCC(=O)OCC(=O)[C@H]1CCC2C3CCC4=CC(=O)CC[C@]4(C)C3=CC[C@@]21C. The quantitative estimate of drug-likeness (QED) is 0.526. The molecular weight excluding hydrogens is 352 g/mol. The van der Waals surface area contributed by atoms with Gasteiger partial charge in [0.15, 0.2) is 11.6 Å². The fraction of sp³-hybridized carbons (Fsp3) is 0.708. The van der Waals surface area contributed by atoms with E-state index >= 15 is 0 Å². The summed E-state index contributed by atoms with van der Waals surface area (Å²) in [5.74, 6) is 1.09. The number of hydrogen-bond acceptors (Lipinski definition) is 4. The molecule has 0 aromatic rings. The van der Waals surface area contributed by atoms with Crippen LogP contribution in [-0.2, 0) is 19.1 Å². The second kappa shape index (κ2) is 6.96. The van der Waals surface area contributed by atoms with Gasteiger partial charge in [-0.1, -0.05) is 38.0 Å². The average molecular weight is 385 g/mol. The number of hydrogen-bond donors (Lipinski definition) is 0. The number of Topliss-reactive ketones (excluding diaryl/α,β-unsaturated/α-hetero) is 1. The number of ketones is 2. The van der Waals surface area contributed by atoms with Crippen LogP contribution in [0.15, 0.2) is 23.3 Å². The summed E-state index contributed by atoms with van der Waals surface area (Å²) in [6.45, 7) is 6.28. The Balaban J connectivity index is 1.58. The Kier molecular flexibility index (Phi) is 4.87. The maximum atomic E-state index is 12.9. The topological polar surface area (TPSA) is 60.4 Å². The molecule has 4 nitrogen and oxygen atoms in total. The summed E-state index contributed by atoms with van der Waals surface area (Å²) in [7, 11) is 0. The molecule has 0 radical (unpaired) electrons. The molecule has 0 amide bonds. The summed E-state index contributed by atoms with van der Waals surface area (Å²) in [4.78, 5) is 36.3. The fourth-order valence-corrected chi connectivity index (χ4v) is 6.74. The van der Waals surface area contributed by atoms with E-state index in [9.17, 15) is 14.4 Å². The molecule has 0 aromatic carbocycles. The molecule has 0 N–H and O–H groups in total. The Morgan fingerprint density at radius 2 is 1.96 bits per heavy atom. The van der Waals surface area contributed by atoms with Gasteiger partial charge in [0.2, 0.25) is 0 Å².